The van der Waals surface area contributed by atoms with Crippen LogP contribution in [0.3, 0.4) is 0 Å². The van der Waals surface area contributed by atoms with Crippen LogP contribution in [-0.4, -0.2) is 39.4 Å². The predicted octanol–water partition coefficient (Wildman–Crippen LogP) is 5.86. The molecule has 2 unspecified atom stereocenters. The number of hydrogen-bond acceptors (Lipinski definition) is 4. The number of benzene rings is 1. The molecular formula is C30H30F3N5O2. The number of aryl methyl sites for hydroxylation is 1. The fourth-order valence-electron chi connectivity index (χ4n) is 7.28. The van der Waals surface area contributed by atoms with E-state index in [1.54, 1.807) is 17.8 Å². The van der Waals surface area contributed by atoms with Gasteiger partial charge in [-0.1, -0.05) is 18.9 Å². The zero-order chi connectivity index (χ0) is 28.2. The van der Waals surface area contributed by atoms with Crippen molar-refractivity contribution in [3.63, 3.8) is 0 Å². The molecule has 3 aromatic rings. The molecule has 2 aliphatic carbocycles. The summed E-state index contributed by atoms with van der Waals surface area (Å²) in [4.78, 5) is 32.4. The summed E-state index contributed by atoms with van der Waals surface area (Å²) in [6.07, 6.45) is 3.77. The van der Waals surface area contributed by atoms with Gasteiger partial charge in [0.05, 0.1) is 29.1 Å². The zero-order valence-corrected chi connectivity index (χ0v) is 22.2. The highest BCUT2D eigenvalue weighted by molar-refractivity contribution is 6.06. The van der Waals surface area contributed by atoms with Gasteiger partial charge in [0.25, 0.3) is 5.91 Å². The van der Waals surface area contributed by atoms with E-state index in [0.717, 1.165) is 44.7 Å². The van der Waals surface area contributed by atoms with Crippen LogP contribution < -0.4 is 5.32 Å². The van der Waals surface area contributed by atoms with Crippen molar-refractivity contribution in [2.24, 2.45) is 24.8 Å². The van der Waals surface area contributed by atoms with Gasteiger partial charge >= 0.3 is 6.18 Å². The number of hydrogen-bond donors (Lipinski definition) is 1. The van der Waals surface area contributed by atoms with Crippen LogP contribution in [0.1, 0.15) is 71.5 Å². The monoisotopic (exact) mass is 549 g/mol. The summed E-state index contributed by atoms with van der Waals surface area (Å²) in [5.74, 6) is -0.452. The third kappa shape index (κ3) is 4.51. The number of halogens is 3. The number of nitriles is 1. The molecule has 7 nitrogen and oxygen atoms in total. The highest BCUT2D eigenvalue weighted by Crippen LogP contribution is 2.52. The van der Waals surface area contributed by atoms with Gasteiger partial charge in [-0.2, -0.15) is 18.4 Å². The molecule has 1 N–H and O–H groups in total. The number of pyridine rings is 1. The average Bonchev–Trinajstić information content (AvgIpc) is 3.64. The zero-order valence-electron chi connectivity index (χ0n) is 22.2. The molecule has 3 aliphatic rings. The SMILES string of the molecule is Cn1cc(C2C3CC[C@H]2CN(C(=O)C2CCCC2)C3)c2c(C(F)(F)F)c(NC(=O)c3cccc(C#N)c3)cnc21. The lowest BCUT2D eigenvalue weighted by Gasteiger charge is -2.39. The third-order valence-corrected chi connectivity index (χ3v) is 9.01. The van der Waals surface area contributed by atoms with E-state index >= 15 is 0 Å². The molecule has 2 amide bonds. The molecule has 1 aromatic carbocycles. The number of piperidine rings is 1. The van der Waals surface area contributed by atoms with E-state index in [9.17, 15) is 22.8 Å². The number of likely N-dealkylation sites (tertiary alicyclic amines) is 1. The Morgan fingerprint density at radius 1 is 1.10 bits per heavy atom. The van der Waals surface area contributed by atoms with Crippen molar-refractivity contribution >= 4 is 28.5 Å². The van der Waals surface area contributed by atoms with Crippen LogP contribution in [0, 0.1) is 29.1 Å². The van der Waals surface area contributed by atoms with Gasteiger partial charge < -0.3 is 14.8 Å². The van der Waals surface area contributed by atoms with Crippen LogP contribution in [-0.2, 0) is 18.0 Å². The predicted molar refractivity (Wildman–Crippen MR) is 142 cm³/mol. The van der Waals surface area contributed by atoms with E-state index in [1.807, 2.05) is 11.0 Å². The second-order valence-corrected chi connectivity index (χ2v) is 11.4. The lowest BCUT2D eigenvalue weighted by molar-refractivity contribution is -0.137. The fourth-order valence-corrected chi connectivity index (χ4v) is 7.28. The summed E-state index contributed by atoms with van der Waals surface area (Å²) < 4.78 is 45.9. The van der Waals surface area contributed by atoms with Crippen molar-refractivity contribution in [1.82, 2.24) is 14.5 Å². The fraction of sp³-hybridized carbons (Fsp3) is 0.467. The summed E-state index contributed by atoms with van der Waals surface area (Å²) in [5.41, 5.74) is -0.229. The van der Waals surface area contributed by atoms with Crippen LogP contribution in [0.5, 0.6) is 0 Å². The number of rotatable bonds is 4. The molecule has 0 spiro atoms. The topological polar surface area (TPSA) is 91.0 Å². The molecule has 6 rings (SSSR count). The van der Waals surface area contributed by atoms with Gasteiger partial charge in [0.1, 0.15) is 5.65 Å². The molecule has 2 saturated carbocycles. The minimum Gasteiger partial charge on any atom is -0.342 e. The van der Waals surface area contributed by atoms with Gasteiger partial charge in [0.15, 0.2) is 0 Å². The number of carbonyl (C=O) groups excluding carboxylic acids is 2. The first kappa shape index (κ1) is 26.4. The van der Waals surface area contributed by atoms with Crippen LogP contribution in [0.4, 0.5) is 18.9 Å². The van der Waals surface area contributed by atoms with E-state index < -0.39 is 23.3 Å². The number of fused-ring (bicyclic) bond motifs is 3. The smallest absolute Gasteiger partial charge is 0.342 e. The number of anilines is 1. The highest BCUT2D eigenvalue weighted by Gasteiger charge is 2.47. The van der Waals surface area contributed by atoms with Gasteiger partial charge in [-0.05, 0) is 67.2 Å². The van der Waals surface area contributed by atoms with Crippen LogP contribution in [0.25, 0.3) is 11.0 Å². The van der Waals surface area contributed by atoms with Crippen LogP contribution in [0.15, 0.2) is 36.7 Å². The van der Waals surface area contributed by atoms with Crippen molar-refractivity contribution in [2.75, 3.05) is 18.4 Å². The summed E-state index contributed by atoms with van der Waals surface area (Å²) in [6.45, 7) is 1.13. The number of nitrogens with zero attached hydrogens (tertiary/aromatic N) is 4. The molecule has 1 aliphatic heterocycles. The minimum atomic E-state index is -4.76. The molecule has 1 saturated heterocycles. The highest BCUT2D eigenvalue weighted by atomic mass is 19.4. The molecule has 10 heteroatoms. The standard InChI is InChI=1S/C30H30F3N5O2/c1-37-16-22(24-20-9-10-21(24)15-38(14-20)29(40)18-6-2-3-7-18)25-26(30(31,32)33)23(13-35-27(25)37)36-28(39)19-8-4-5-17(11-19)12-34/h4-5,8,11,13,16,18,20-21,24H,2-3,6-7,9-10,14-15H2,1H3,(H,36,39)/t20-,21?,24?/m0/s1. The van der Waals surface area contributed by atoms with Gasteiger partial charge in [-0.15, -0.1) is 0 Å². The van der Waals surface area contributed by atoms with Crippen LogP contribution >= 0.6 is 0 Å². The van der Waals surface area contributed by atoms with E-state index in [2.05, 4.69) is 10.3 Å². The largest absolute Gasteiger partial charge is 0.419 e. The van der Waals surface area contributed by atoms with Crippen molar-refractivity contribution in [3.05, 3.63) is 58.9 Å². The van der Waals surface area contributed by atoms with E-state index in [1.165, 1.54) is 24.3 Å². The van der Waals surface area contributed by atoms with E-state index in [4.69, 9.17) is 5.26 Å². The van der Waals surface area contributed by atoms with Gasteiger partial charge in [0.2, 0.25) is 5.91 Å². The number of nitrogens with one attached hydrogen (secondary N) is 1. The average molecular weight is 550 g/mol. The first-order valence-corrected chi connectivity index (χ1v) is 13.8. The van der Waals surface area contributed by atoms with Gasteiger partial charge in [0, 0.05) is 43.2 Å². The molecule has 2 bridgehead atoms. The van der Waals surface area contributed by atoms with E-state index in [-0.39, 0.29) is 51.7 Å². The number of amides is 2. The second-order valence-electron chi connectivity index (χ2n) is 11.4. The van der Waals surface area contributed by atoms with Crippen molar-refractivity contribution < 1.29 is 22.8 Å². The normalized spacial score (nSPS) is 23.0. The minimum absolute atomic E-state index is 0.0102. The number of alkyl halides is 3. The first-order chi connectivity index (χ1) is 19.2. The van der Waals surface area contributed by atoms with Crippen molar-refractivity contribution in [3.8, 4) is 6.07 Å². The molecular weight excluding hydrogens is 519 g/mol. The quantitative estimate of drug-likeness (QED) is 0.442. The summed E-state index contributed by atoms with van der Waals surface area (Å²) in [7, 11) is 1.69. The Bertz CT molecular complexity index is 1520. The molecule has 0 radical (unpaired) electrons. The molecule has 3 heterocycles. The Morgan fingerprint density at radius 2 is 1.80 bits per heavy atom. The maximum atomic E-state index is 14.8. The lowest BCUT2D eigenvalue weighted by atomic mass is 9.79. The number of aromatic nitrogens is 2. The van der Waals surface area contributed by atoms with Gasteiger partial charge in [-0.3, -0.25) is 9.59 Å². The summed E-state index contributed by atoms with van der Waals surface area (Å²) in [6, 6.07) is 7.74. The Balaban J connectivity index is 1.38. The first-order valence-electron chi connectivity index (χ1n) is 13.8. The van der Waals surface area contributed by atoms with E-state index in [0.29, 0.717) is 18.7 Å². The molecule has 40 heavy (non-hydrogen) atoms. The molecule has 3 fully saturated rings. The lowest BCUT2D eigenvalue weighted by Crippen LogP contribution is -2.46. The number of carbonyl (C=O) groups is 2. The summed E-state index contributed by atoms with van der Waals surface area (Å²) >= 11 is 0. The Morgan fingerprint density at radius 3 is 2.45 bits per heavy atom. The molecule has 208 valence electrons. The molecule has 3 atom stereocenters. The van der Waals surface area contributed by atoms with Crippen molar-refractivity contribution in [2.45, 2.75) is 50.6 Å². The maximum Gasteiger partial charge on any atom is 0.419 e. The Labute approximate surface area is 230 Å². The van der Waals surface area contributed by atoms with Crippen molar-refractivity contribution in [1.29, 1.82) is 5.26 Å². The van der Waals surface area contributed by atoms with Gasteiger partial charge in [-0.25, -0.2) is 4.98 Å². The Kier molecular flexibility index (Phi) is 6.56. The van der Waals surface area contributed by atoms with Crippen LogP contribution in [0.2, 0.25) is 0 Å². The Hall–Kier alpha value is -3.87. The maximum absolute atomic E-state index is 14.8. The molecule has 2 aromatic heterocycles. The summed E-state index contributed by atoms with van der Waals surface area (Å²) in [5, 5.41) is 11.6. The third-order valence-electron chi connectivity index (χ3n) is 9.01. The second kappa shape index (κ2) is 9.95.